The summed E-state index contributed by atoms with van der Waals surface area (Å²) >= 11 is 1.18. The van der Waals surface area contributed by atoms with Crippen molar-refractivity contribution in [1.29, 1.82) is 0 Å². The minimum atomic E-state index is -0.811. The fourth-order valence-corrected chi connectivity index (χ4v) is 2.82. The van der Waals surface area contributed by atoms with Crippen LogP contribution in [-0.2, 0) is 13.2 Å². The van der Waals surface area contributed by atoms with Gasteiger partial charge in [0, 0.05) is 18.0 Å². The van der Waals surface area contributed by atoms with Crippen molar-refractivity contribution in [3.8, 4) is 5.75 Å². The fraction of sp³-hybridized carbons (Fsp3) is 0.111. The third kappa shape index (κ3) is 4.60. The molecular weight excluding hydrogens is 365 g/mol. The Balaban J connectivity index is 1.56. The van der Waals surface area contributed by atoms with Crippen molar-refractivity contribution in [1.82, 2.24) is 10.3 Å². The molecule has 0 spiro atoms. The van der Waals surface area contributed by atoms with E-state index >= 15 is 0 Å². The average molecular weight is 378 g/mol. The molecule has 1 aromatic heterocycles. The van der Waals surface area contributed by atoms with Gasteiger partial charge in [-0.05, 0) is 29.8 Å². The predicted octanol–water partition coefficient (Wildman–Crippen LogP) is 4.07. The molecular formula is C18H13F3N2O2S. The molecule has 1 heterocycles. The number of halogens is 3. The third-order valence-corrected chi connectivity index (χ3v) is 4.19. The number of hydrogen-bond acceptors (Lipinski definition) is 4. The van der Waals surface area contributed by atoms with Gasteiger partial charge in [-0.3, -0.25) is 4.79 Å². The van der Waals surface area contributed by atoms with Crippen LogP contribution in [0.15, 0.2) is 47.8 Å². The zero-order valence-corrected chi connectivity index (χ0v) is 14.2. The molecule has 0 aliphatic carbocycles. The highest BCUT2D eigenvalue weighted by Gasteiger charge is 2.12. The minimum Gasteiger partial charge on any atom is -0.483 e. The lowest BCUT2D eigenvalue weighted by Gasteiger charge is -2.05. The number of aromatic nitrogens is 1. The molecule has 3 rings (SSSR count). The molecule has 0 bridgehead atoms. The maximum atomic E-state index is 13.5. The van der Waals surface area contributed by atoms with Crippen LogP contribution in [0.5, 0.6) is 5.75 Å². The number of carbonyl (C=O) groups excluding carboxylic acids is 1. The molecule has 3 aromatic rings. The summed E-state index contributed by atoms with van der Waals surface area (Å²) in [6, 6.07) is 8.91. The Kier molecular flexibility index (Phi) is 5.52. The van der Waals surface area contributed by atoms with Crippen LogP contribution < -0.4 is 10.1 Å². The first kappa shape index (κ1) is 17.9. The SMILES string of the molecule is O=C(NCc1cccc(F)c1)c1csc(COc2ccc(F)cc2F)n1. The molecule has 134 valence electrons. The van der Waals surface area contributed by atoms with E-state index in [0.29, 0.717) is 10.6 Å². The van der Waals surface area contributed by atoms with Gasteiger partial charge in [-0.2, -0.15) is 0 Å². The van der Waals surface area contributed by atoms with E-state index < -0.39 is 17.5 Å². The predicted molar refractivity (Wildman–Crippen MR) is 90.4 cm³/mol. The van der Waals surface area contributed by atoms with E-state index in [1.54, 1.807) is 17.5 Å². The molecule has 2 aromatic carbocycles. The maximum Gasteiger partial charge on any atom is 0.271 e. The number of nitrogens with one attached hydrogen (secondary N) is 1. The minimum absolute atomic E-state index is 0.0512. The van der Waals surface area contributed by atoms with Crippen LogP contribution in [0.3, 0.4) is 0 Å². The lowest BCUT2D eigenvalue weighted by molar-refractivity contribution is 0.0946. The van der Waals surface area contributed by atoms with Gasteiger partial charge in [-0.1, -0.05) is 12.1 Å². The molecule has 0 fully saturated rings. The summed E-state index contributed by atoms with van der Waals surface area (Å²) in [4.78, 5) is 16.2. The summed E-state index contributed by atoms with van der Waals surface area (Å²) in [7, 11) is 0. The molecule has 1 N–H and O–H groups in total. The van der Waals surface area contributed by atoms with Crippen molar-refractivity contribution < 1.29 is 22.7 Å². The van der Waals surface area contributed by atoms with Gasteiger partial charge < -0.3 is 10.1 Å². The molecule has 0 saturated heterocycles. The molecule has 0 atom stereocenters. The summed E-state index contributed by atoms with van der Waals surface area (Å²) in [6.07, 6.45) is 0. The van der Waals surface area contributed by atoms with E-state index in [2.05, 4.69) is 10.3 Å². The highest BCUT2D eigenvalue weighted by Crippen LogP contribution is 2.20. The van der Waals surface area contributed by atoms with Crippen molar-refractivity contribution in [3.05, 3.63) is 81.6 Å². The zero-order chi connectivity index (χ0) is 18.5. The number of ether oxygens (including phenoxy) is 1. The molecule has 0 saturated carbocycles. The largest absolute Gasteiger partial charge is 0.483 e. The van der Waals surface area contributed by atoms with Gasteiger partial charge in [-0.25, -0.2) is 18.2 Å². The van der Waals surface area contributed by atoms with Crippen molar-refractivity contribution in [2.45, 2.75) is 13.2 Å². The van der Waals surface area contributed by atoms with Gasteiger partial charge in [0.15, 0.2) is 11.6 Å². The topological polar surface area (TPSA) is 51.2 Å². The Bertz CT molecular complexity index is 930. The molecule has 8 heteroatoms. The first-order chi connectivity index (χ1) is 12.5. The van der Waals surface area contributed by atoms with Gasteiger partial charge in [0.2, 0.25) is 0 Å². The Labute approximate surface area is 151 Å². The Morgan fingerprint density at radius 3 is 2.69 bits per heavy atom. The molecule has 4 nitrogen and oxygen atoms in total. The van der Waals surface area contributed by atoms with Crippen LogP contribution in [0.1, 0.15) is 21.1 Å². The van der Waals surface area contributed by atoms with Gasteiger partial charge in [0.05, 0.1) is 0 Å². The number of nitrogens with zero attached hydrogens (tertiary/aromatic N) is 1. The van der Waals surface area contributed by atoms with Crippen molar-refractivity contribution in [2.75, 3.05) is 0 Å². The van der Waals surface area contributed by atoms with Crippen molar-refractivity contribution >= 4 is 17.2 Å². The van der Waals surface area contributed by atoms with E-state index in [9.17, 15) is 18.0 Å². The normalized spacial score (nSPS) is 10.6. The number of thiazole rings is 1. The summed E-state index contributed by atoms with van der Waals surface area (Å²) in [6.45, 7) is 0.116. The molecule has 0 radical (unpaired) electrons. The van der Waals surface area contributed by atoms with E-state index in [0.717, 1.165) is 12.1 Å². The summed E-state index contributed by atoms with van der Waals surface area (Å²) < 4.78 is 44.7. The summed E-state index contributed by atoms with van der Waals surface area (Å²) in [5.41, 5.74) is 0.813. The van der Waals surface area contributed by atoms with Crippen LogP contribution in [0.2, 0.25) is 0 Å². The smallest absolute Gasteiger partial charge is 0.271 e. The van der Waals surface area contributed by atoms with E-state index in [1.165, 1.54) is 29.5 Å². The van der Waals surface area contributed by atoms with Crippen LogP contribution in [-0.4, -0.2) is 10.9 Å². The van der Waals surface area contributed by atoms with Crippen molar-refractivity contribution in [2.24, 2.45) is 0 Å². The first-order valence-electron chi connectivity index (χ1n) is 7.56. The molecule has 0 aliphatic heterocycles. The second kappa shape index (κ2) is 8.01. The number of hydrogen-bond donors (Lipinski definition) is 1. The number of amides is 1. The molecule has 1 amide bonds. The number of carbonyl (C=O) groups is 1. The summed E-state index contributed by atoms with van der Waals surface area (Å²) in [5, 5.41) is 4.65. The first-order valence-corrected chi connectivity index (χ1v) is 8.44. The average Bonchev–Trinajstić information content (AvgIpc) is 3.08. The lowest BCUT2D eigenvalue weighted by atomic mass is 10.2. The Morgan fingerprint density at radius 1 is 1.12 bits per heavy atom. The van der Waals surface area contributed by atoms with Crippen molar-refractivity contribution in [3.63, 3.8) is 0 Å². The van der Waals surface area contributed by atoms with Gasteiger partial charge in [0.25, 0.3) is 5.91 Å². The standard InChI is InChI=1S/C18H13F3N2O2S/c19-12-3-1-2-11(6-12)8-22-18(24)15-10-26-17(23-15)9-25-16-5-4-13(20)7-14(16)21/h1-7,10H,8-9H2,(H,22,24). The van der Waals surface area contributed by atoms with E-state index in [4.69, 9.17) is 4.74 Å². The van der Waals surface area contributed by atoms with Crippen LogP contribution >= 0.6 is 11.3 Å². The fourth-order valence-electron chi connectivity index (χ4n) is 2.13. The molecule has 0 aliphatic rings. The Morgan fingerprint density at radius 2 is 1.92 bits per heavy atom. The summed E-state index contributed by atoms with van der Waals surface area (Å²) in [5.74, 6) is -2.39. The van der Waals surface area contributed by atoms with Gasteiger partial charge in [0.1, 0.15) is 28.9 Å². The van der Waals surface area contributed by atoms with Gasteiger partial charge in [-0.15, -0.1) is 11.3 Å². The maximum absolute atomic E-state index is 13.5. The molecule has 26 heavy (non-hydrogen) atoms. The zero-order valence-electron chi connectivity index (χ0n) is 13.3. The molecule has 0 unspecified atom stereocenters. The quantitative estimate of drug-likeness (QED) is 0.704. The van der Waals surface area contributed by atoms with Crippen LogP contribution in [0.25, 0.3) is 0 Å². The second-order valence-corrected chi connectivity index (χ2v) is 6.25. The van der Waals surface area contributed by atoms with Crippen LogP contribution in [0.4, 0.5) is 13.2 Å². The lowest BCUT2D eigenvalue weighted by Crippen LogP contribution is -2.23. The van der Waals surface area contributed by atoms with Crippen LogP contribution in [0, 0.1) is 17.5 Å². The monoisotopic (exact) mass is 378 g/mol. The Hall–Kier alpha value is -2.87. The second-order valence-electron chi connectivity index (χ2n) is 5.30. The highest BCUT2D eigenvalue weighted by molar-refractivity contribution is 7.09. The van der Waals surface area contributed by atoms with Gasteiger partial charge >= 0.3 is 0 Å². The number of rotatable bonds is 6. The third-order valence-electron chi connectivity index (χ3n) is 3.37. The van der Waals surface area contributed by atoms with E-state index in [1.807, 2.05) is 0 Å². The highest BCUT2D eigenvalue weighted by atomic mass is 32.1. The van der Waals surface area contributed by atoms with E-state index in [-0.39, 0.29) is 30.4 Å². The number of benzene rings is 2.